The molecule has 0 amide bonds. The van der Waals surface area contributed by atoms with Crippen LogP contribution in [0.25, 0.3) is 11.3 Å². The van der Waals surface area contributed by atoms with E-state index < -0.39 is 0 Å². The molecule has 0 aliphatic carbocycles. The number of aryl methyl sites for hydroxylation is 1. The van der Waals surface area contributed by atoms with E-state index in [0.717, 1.165) is 23.6 Å². The highest BCUT2D eigenvalue weighted by Crippen LogP contribution is 2.24. The van der Waals surface area contributed by atoms with Crippen molar-refractivity contribution >= 4 is 5.82 Å². The van der Waals surface area contributed by atoms with Crippen LogP contribution in [0.2, 0.25) is 0 Å². The maximum atomic E-state index is 4.64. The first-order valence-corrected chi connectivity index (χ1v) is 6.70. The highest BCUT2D eigenvalue weighted by Gasteiger charge is 2.06. The average Bonchev–Trinajstić information content (AvgIpc) is 2.40. The van der Waals surface area contributed by atoms with Gasteiger partial charge in [0.05, 0.1) is 18.1 Å². The molecule has 0 unspecified atom stereocenters. The van der Waals surface area contributed by atoms with Crippen molar-refractivity contribution in [2.75, 3.05) is 11.9 Å². The molecule has 0 fully saturated rings. The summed E-state index contributed by atoms with van der Waals surface area (Å²) < 4.78 is 0. The second-order valence-electron chi connectivity index (χ2n) is 5.31. The molecule has 19 heavy (non-hydrogen) atoms. The minimum Gasteiger partial charge on any atom is -0.369 e. The molecule has 1 aromatic carbocycles. The molecule has 0 saturated carbocycles. The van der Waals surface area contributed by atoms with Gasteiger partial charge in [-0.3, -0.25) is 4.98 Å². The molecule has 3 nitrogen and oxygen atoms in total. The van der Waals surface area contributed by atoms with Crippen LogP contribution in [0.3, 0.4) is 0 Å². The molecule has 0 aliphatic heterocycles. The highest BCUT2D eigenvalue weighted by molar-refractivity contribution is 5.65. The number of benzene rings is 1. The van der Waals surface area contributed by atoms with Gasteiger partial charge in [0.25, 0.3) is 0 Å². The van der Waals surface area contributed by atoms with E-state index in [1.165, 1.54) is 11.1 Å². The Morgan fingerprint density at radius 3 is 2.68 bits per heavy atom. The Morgan fingerprint density at radius 2 is 1.95 bits per heavy atom. The zero-order valence-corrected chi connectivity index (χ0v) is 12.1. The number of nitrogens with one attached hydrogen (secondary N) is 1. The monoisotopic (exact) mass is 255 g/mol. The van der Waals surface area contributed by atoms with Gasteiger partial charge in [0.2, 0.25) is 0 Å². The lowest BCUT2D eigenvalue weighted by Gasteiger charge is -2.11. The molecule has 0 radical (unpaired) electrons. The zero-order chi connectivity index (χ0) is 13.8. The summed E-state index contributed by atoms with van der Waals surface area (Å²) in [7, 11) is 0. The largest absolute Gasteiger partial charge is 0.369 e. The molecule has 0 spiro atoms. The van der Waals surface area contributed by atoms with E-state index in [0.29, 0.717) is 5.92 Å². The van der Waals surface area contributed by atoms with E-state index in [9.17, 15) is 0 Å². The summed E-state index contributed by atoms with van der Waals surface area (Å²) >= 11 is 0. The quantitative estimate of drug-likeness (QED) is 0.902. The van der Waals surface area contributed by atoms with E-state index in [1.807, 2.05) is 6.20 Å². The third-order valence-corrected chi connectivity index (χ3v) is 3.21. The minimum absolute atomic E-state index is 0.589. The number of rotatable bonds is 4. The fraction of sp³-hybridized carbons (Fsp3) is 0.375. The van der Waals surface area contributed by atoms with E-state index in [4.69, 9.17) is 0 Å². The molecule has 1 heterocycles. The molecule has 1 aromatic heterocycles. The molecule has 0 saturated heterocycles. The Hall–Kier alpha value is -1.90. The van der Waals surface area contributed by atoms with Crippen molar-refractivity contribution in [3.8, 4) is 11.3 Å². The van der Waals surface area contributed by atoms with Crippen molar-refractivity contribution in [1.29, 1.82) is 0 Å². The predicted octanol–water partition coefficient (Wildman–Crippen LogP) is 3.83. The van der Waals surface area contributed by atoms with Crippen LogP contribution in [0, 0.1) is 19.8 Å². The first-order valence-electron chi connectivity index (χ1n) is 6.70. The average molecular weight is 255 g/mol. The van der Waals surface area contributed by atoms with Gasteiger partial charge >= 0.3 is 0 Å². The lowest BCUT2D eigenvalue weighted by molar-refractivity contribution is 0.687. The SMILES string of the molecule is Cc1cccc(-c2cncc(NCC(C)C)n2)c1C. The Kier molecular flexibility index (Phi) is 4.15. The van der Waals surface area contributed by atoms with Gasteiger partial charge in [0.1, 0.15) is 5.82 Å². The lowest BCUT2D eigenvalue weighted by Crippen LogP contribution is -2.09. The summed E-state index contributed by atoms with van der Waals surface area (Å²) in [5.74, 6) is 1.43. The molecule has 1 N–H and O–H groups in total. The van der Waals surface area contributed by atoms with Crippen LogP contribution in [-0.4, -0.2) is 16.5 Å². The maximum absolute atomic E-state index is 4.64. The molecule has 3 heteroatoms. The summed E-state index contributed by atoms with van der Waals surface area (Å²) in [6, 6.07) is 6.28. The van der Waals surface area contributed by atoms with Crippen molar-refractivity contribution in [2.45, 2.75) is 27.7 Å². The number of hydrogen-bond donors (Lipinski definition) is 1. The molecule has 0 atom stereocenters. The van der Waals surface area contributed by atoms with Gasteiger partial charge in [-0.2, -0.15) is 0 Å². The van der Waals surface area contributed by atoms with Crippen LogP contribution >= 0.6 is 0 Å². The summed E-state index contributed by atoms with van der Waals surface area (Å²) in [5, 5.41) is 3.31. The Bertz CT molecular complexity index is 562. The highest BCUT2D eigenvalue weighted by atomic mass is 15.0. The van der Waals surface area contributed by atoms with Crippen molar-refractivity contribution in [3.05, 3.63) is 41.7 Å². The van der Waals surface area contributed by atoms with Crippen molar-refractivity contribution in [1.82, 2.24) is 9.97 Å². The van der Waals surface area contributed by atoms with E-state index in [-0.39, 0.29) is 0 Å². The van der Waals surface area contributed by atoms with Crippen molar-refractivity contribution in [3.63, 3.8) is 0 Å². The van der Waals surface area contributed by atoms with Crippen molar-refractivity contribution < 1.29 is 0 Å². The second kappa shape index (κ2) is 5.83. The van der Waals surface area contributed by atoms with Crippen LogP contribution in [-0.2, 0) is 0 Å². The molecular formula is C16H21N3. The van der Waals surface area contributed by atoms with Gasteiger partial charge in [0, 0.05) is 12.1 Å². The minimum atomic E-state index is 0.589. The summed E-state index contributed by atoms with van der Waals surface area (Å²) in [6.45, 7) is 9.50. The normalized spacial score (nSPS) is 10.8. The Labute approximate surface area is 115 Å². The van der Waals surface area contributed by atoms with Gasteiger partial charge in [0.15, 0.2) is 0 Å². The number of hydrogen-bond acceptors (Lipinski definition) is 3. The maximum Gasteiger partial charge on any atom is 0.145 e. The molecule has 100 valence electrons. The fourth-order valence-electron chi connectivity index (χ4n) is 1.92. The fourth-order valence-corrected chi connectivity index (χ4v) is 1.92. The summed E-state index contributed by atoms with van der Waals surface area (Å²) in [4.78, 5) is 8.93. The molecular weight excluding hydrogens is 234 g/mol. The van der Waals surface area contributed by atoms with E-state index in [1.54, 1.807) is 6.20 Å². The first-order chi connectivity index (χ1) is 9.08. The van der Waals surface area contributed by atoms with Gasteiger partial charge in [-0.05, 0) is 30.9 Å². The topological polar surface area (TPSA) is 37.8 Å². The summed E-state index contributed by atoms with van der Waals surface area (Å²) in [6.07, 6.45) is 3.60. The Balaban J connectivity index is 2.30. The Morgan fingerprint density at radius 1 is 1.16 bits per heavy atom. The van der Waals surface area contributed by atoms with Crippen LogP contribution in [0.4, 0.5) is 5.82 Å². The van der Waals surface area contributed by atoms with Crippen molar-refractivity contribution in [2.24, 2.45) is 5.92 Å². The smallest absolute Gasteiger partial charge is 0.145 e. The van der Waals surface area contributed by atoms with E-state index >= 15 is 0 Å². The van der Waals surface area contributed by atoms with Gasteiger partial charge in [-0.25, -0.2) is 4.98 Å². The predicted molar refractivity (Wildman–Crippen MR) is 80.3 cm³/mol. The number of anilines is 1. The van der Waals surface area contributed by atoms with Gasteiger partial charge in [-0.15, -0.1) is 0 Å². The second-order valence-corrected chi connectivity index (χ2v) is 5.31. The molecule has 2 rings (SSSR count). The first kappa shape index (κ1) is 13.5. The van der Waals surface area contributed by atoms with Crippen LogP contribution < -0.4 is 5.32 Å². The van der Waals surface area contributed by atoms with E-state index in [2.05, 4.69) is 61.2 Å². The van der Waals surface area contributed by atoms with Gasteiger partial charge in [-0.1, -0.05) is 32.0 Å². The van der Waals surface area contributed by atoms with Crippen LogP contribution in [0.15, 0.2) is 30.6 Å². The number of aromatic nitrogens is 2. The lowest BCUT2D eigenvalue weighted by atomic mass is 10.0. The van der Waals surface area contributed by atoms with Crippen LogP contribution in [0.1, 0.15) is 25.0 Å². The zero-order valence-electron chi connectivity index (χ0n) is 12.1. The summed E-state index contributed by atoms with van der Waals surface area (Å²) in [5.41, 5.74) is 4.62. The third-order valence-electron chi connectivity index (χ3n) is 3.21. The van der Waals surface area contributed by atoms with Crippen LogP contribution in [0.5, 0.6) is 0 Å². The molecule has 2 aromatic rings. The molecule has 0 aliphatic rings. The third kappa shape index (κ3) is 3.31. The number of nitrogens with zero attached hydrogens (tertiary/aromatic N) is 2. The standard InChI is InChI=1S/C16H21N3/c1-11(2)8-18-16-10-17-9-15(19-16)14-7-5-6-12(3)13(14)4/h5-7,9-11H,8H2,1-4H3,(H,18,19). The van der Waals surface area contributed by atoms with Gasteiger partial charge < -0.3 is 5.32 Å². The molecule has 0 bridgehead atoms.